The average Bonchev–Trinajstić information content (AvgIpc) is 3.43. The van der Waals surface area contributed by atoms with E-state index in [-0.39, 0.29) is 32.2 Å². The van der Waals surface area contributed by atoms with Gasteiger partial charge in [0, 0.05) is 12.8 Å². The zero-order chi connectivity index (χ0) is 58.3. The summed E-state index contributed by atoms with van der Waals surface area (Å²) in [5.41, 5.74) is 0. The Morgan fingerprint density at radius 3 is 1.00 bits per heavy atom. The fraction of sp³-hybridized carbons (Fsp3) is 0.873. The lowest BCUT2D eigenvalue weighted by Crippen LogP contribution is -2.44. The Morgan fingerprint density at radius 1 is 0.375 bits per heavy atom. The monoisotopic (exact) mass is 1130 g/mol. The highest BCUT2D eigenvalue weighted by molar-refractivity contribution is 5.70. The van der Waals surface area contributed by atoms with E-state index < -0.39 is 24.3 Å². The van der Waals surface area contributed by atoms with E-state index in [2.05, 4.69) is 50.3 Å². The summed E-state index contributed by atoms with van der Waals surface area (Å²) >= 11 is 0. The van der Waals surface area contributed by atoms with Crippen LogP contribution in [-0.2, 0) is 33.3 Å². The molecule has 0 N–H and O–H groups in total. The molecule has 0 aromatic carbocycles. The maximum atomic E-state index is 12.9. The summed E-state index contributed by atoms with van der Waals surface area (Å²) in [7, 11) is 5.93. The van der Waals surface area contributed by atoms with Gasteiger partial charge in [-0.1, -0.05) is 314 Å². The Bertz CT molecular complexity index is 1410. The molecule has 0 saturated carbocycles. The van der Waals surface area contributed by atoms with Gasteiger partial charge >= 0.3 is 11.9 Å². The largest absolute Gasteiger partial charge is 0.545 e. The minimum absolute atomic E-state index is 0.146. The summed E-state index contributed by atoms with van der Waals surface area (Å²) in [4.78, 5) is 37.4. The van der Waals surface area contributed by atoms with Crippen LogP contribution in [0.2, 0.25) is 0 Å². The molecule has 0 saturated heterocycles. The molecule has 0 aromatic rings. The number of likely N-dealkylation sites (N-methyl/N-ethyl adjacent to an activating group) is 1. The maximum Gasteiger partial charge on any atom is 0.306 e. The molecule has 0 bridgehead atoms. The number of carbonyl (C=O) groups is 3. The number of aliphatic carboxylic acids is 1. The number of quaternary nitrogens is 1. The second-order valence-corrected chi connectivity index (χ2v) is 24.8. The number of rotatable bonds is 65. The van der Waals surface area contributed by atoms with Crippen molar-refractivity contribution < 1.29 is 42.9 Å². The molecule has 0 heterocycles. The van der Waals surface area contributed by atoms with Gasteiger partial charge in [0.15, 0.2) is 12.4 Å². The van der Waals surface area contributed by atoms with Crippen molar-refractivity contribution in [2.24, 2.45) is 0 Å². The maximum absolute atomic E-state index is 12.9. The summed E-state index contributed by atoms with van der Waals surface area (Å²) in [6.07, 6.45) is 75.2. The number of hydrogen-bond acceptors (Lipinski definition) is 8. The van der Waals surface area contributed by atoms with E-state index in [0.717, 1.165) is 70.6 Å². The molecule has 0 aliphatic carbocycles. The van der Waals surface area contributed by atoms with Gasteiger partial charge in [-0.05, 0) is 51.4 Å². The standard InChI is InChI=1S/C71H133NO8/c1-6-8-10-12-14-16-18-20-22-24-26-28-29-30-31-32-33-34-35-36-37-38-39-40-42-43-45-47-49-51-53-55-57-59-61-68(73)78-65-67(66-79-71(70(75)76)77-64-63-72(3,4)5)80-69(74)62-60-58-56-54-52-50-48-46-44-41-27-25-23-21-19-17-15-13-11-9-7-2/h19,21,25,27,44,46,67,71H,6-18,20,22-24,26,28-43,45,47-66H2,1-5H3/b21-19-,27-25-,46-44-. The summed E-state index contributed by atoms with van der Waals surface area (Å²) in [5.74, 6) is -2.28. The highest BCUT2D eigenvalue weighted by Gasteiger charge is 2.22. The molecule has 0 fully saturated rings. The van der Waals surface area contributed by atoms with Crippen LogP contribution in [0.5, 0.6) is 0 Å². The predicted octanol–water partition coefficient (Wildman–Crippen LogP) is 19.9. The second kappa shape index (κ2) is 62.6. The molecule has 0 aliphatic rings. The number of carboxylic acids is 1. The molecule has 0 radical (unpaired) electrons. The Labute approximate surface area is 496 Å². The lowest BCUT2D eigenvalue weighted by Gasteiger charge is -2.26. The Hall–Kier alpha value is -2.49. The van der Waals surface area contributed by atoms with E-state index in [4.69, 9.17) is 18.9 Å². The van der Waals surface area contributed by atoms with Crippen molar-refractivity contribution in [3.63, 3.8) is 0 Å². The number of ether oxygens (including phenoxy) is 4. The Balaban J connectivity index is 4.04. The van der Waals surface area contributed by atoms with Crippen LogP contribution < -0.4 is 5.11 Å². The third-order valence-corrected chi connectivity index (χ3v) is 15.6. The first-order chi connectivity index (χ1) is 39.1. The van der Waals surface area contributed by atoms with Crippen molar-refractivity contribution in [2.75, 3.05) is 47.5 Å². The van der Waals surface area contributed by atoms with Crippen molar-refractivity contribution in [1.82, 2.24) is 0 Å². The van der Waals surface area contributed by atoms with E-state index in [1.807, 2.05) is 21.1 Å². The number of esters is 2. The van der Waals surface area contributed by atoms with E-state index in [1.54, 1.807) is 0 Å². The third-order valence-electron chi connectivity index (χ3n) is 15.6. The number of nitrogens with zero attached hydrogens (tertiary/aromatic N) is 1. The minimum Gasteiger partial charge on any atom is -0.545 e. The first-order valence-corrected chi connectivity index (χ1v) is 34.6. The van der Waals surface area contributed by atoms with Gasteiger partial charge in [0.2, 0.25) is 0 Å². The fourth-order valence-electron chi connectivity index (χ4n) is 10.3. The summed E-state index contributed by atoms with van der Waals surface area (Å²) in [6, 6.07) is 0. The lowest BCUT2D eigenvalue weighted by molar-refractivity contribution is -0.870. The van der Waals surface area contributed by atoms with E-state index in [0.29, 0.717) is 23.9 Å². The molecule has 2 atom stereocenters. The Kier molecular flexibility index (Phi) is 60.6. The topological polar surface area (TPSA) is 111 Å². The molecule has 470 valence electrons. The lowest BCUT2D eigenvalue weighted by atomic mass is 10.0. The average molecular weight is 1130 g/mol. The number of unbranched alkanes of at least 4 members (excludes halogenated alkanes) is 44. The molecule has 0 amide bonds. The van der Waals surface area contributed by atoms with Crippen molar-refractivity contribution >= 4 is 17.9 Å². The van der Waals surface area contributed by atoms with Crippen molar-refractivity contribution in [1.29, 1.82) is 0 Å². The van der Waals surface area contributed by atoms with Crippen LogP contribution in [-0.4, -0.2) is 82.3 Å². The summed E-state index contributed by atoms with van der Waals surface area (Å²) in [6.45, 7) is 4.78. The van der Waals surface area contributed by atoms with Gasteiger partial charge < -0.3 is 33.3 Å². The van der Waals surface area contributed by atoms with Gasteiger partial charge in [0.05, 0.1) is 40.3 Å². The van der Waals surface area contributed by atoms with Gasteiger partial charge in [-0.3, -0.25) is 9.59 Å². The van der Waals surface area contributed by atoms with Gasteiger partial charge in [0.25, 0.3) is 0 Å². The highest BCUT2D eigenvalue weighted by Crippen LogP contribution is 2.19. The second-order valence-electron chi connectivity index (χ2n) is 24.8. The molecule has 0 rings (SSSR count). The van der Waals surface area contributed by atoms with Crippen LogP contribution in [0.4, 0.5) is 0 Å². The highest BCUT2D eigenvalue weighted by atomic mass is 16.7. The molecule has 2 unspecified atom stereocenters. The summed E-state index contributed by atoms with van der Waals surface area (Å²) < 4.78 is 22.8. The van der Waals surface area contributed by atoms with Crippen molar-refractivity contribution in [3.05, 3.63) is 36.5 Å². The quantitative estimate of drug-likeness (QED) is 0.0195. The van der Waals surface area contributed by atoms with Crippen molar-refractivity contribution in [3.8, 4) is 0 Å². The van der Waals surface area contributed by atoms with Gasteiger partial charge in [0.1, 0.15) is 13.2 Å². The number of carbonyl (C=O) groups excluding carboxylic acids is 3. The van der Waals surface area contributed by atoms with Crippen molar-refractivity contribution in [2.45, 2.75) is 354 Å². The fourth-order valence-corrected chi connectivity index (χ4v) is 10.3. The van der Waals surface area contributed by atoms with Gasteiger partial charge in [-0.15, -0.1) is 0 Å². The molecule has 0 aromatic heterocycles. The number of carboxylic acid groups (broad SMARTS) is 1. The Morgan fingerprint density at radius 2 is 0.675 bits per heavy atom. The van der Waals surface area contributed by atoms with Crippen LogP contribution >= 0.6 is 0 Å². The van der Waals surface area contributed by atoms with Crippen LogP contribution in [0.25, 0.3) is 0 Å². The van der Waals surface area contributed by atoms with Crippen LogP contribution in [0.15, 0.2) is 36.5 Å². The molecule has 9 nitrogen and oxygen atoms in total. The first-order valence-electron chi connectivity index (χ1n) is 34.6. The molecule has 0 aliphatic heterocycles. The smallest absolute Gasteiger partial charge is 0.306 e. The number of allylic oxidation sites excluding steroid dienone is 6. The zero-order valence-corrected chi connectivity index (χ0v) is 53.7. The van der Waals surface area contributed by atoms with Gasteiger partial charge in [-0.2, -0.15) is 0 Å². The van der Waals surface area contributed by atoms with Crippen LogP contribution in [0.1, 0.15) is 341 Å². The summed E-state index contributed by atoms with van der Waals surface area (Å²) in [5, 5.41) is 11.8. The number of hydrogen-bond donors (Lipinski definition) is 0. The molecular formula is C71H133NO8. The van der Waals surface area contributed by atoms with E-state index in [9.17, 15) is 19.5 Å². The zero-order valence-electron chi connectivity index (χ0n) is 53.7. The molecule has 9 heteroatoms. The van der Waals surface area contributed by atoms with Crippen LogP contribution in [0, 0.1) is 0 Å². The van der Waals surface area contributed by atoms with E-state index >= 15 is 0 Å². The van der Waals surface area contributed by atoms with Crippen LogP contribution in [0.3, 0.4) is 0 Å². The minimum atomic E-state index is -1.62. The molecule has 80 heavy (non-hydrogen) atoms. The third kappa shape index (κ3) is 63.1. The SMILES string of the molecule is CCCCCCC/C=C\C/C=C\C/C=C\CCCCCCCCC(=O)OC(COC(=O)CCCCCCCCCCCCCCCCCCCCCCCCCCCCCCCCCCCC)COC(OCC[N+](C)(C)C)C(=O)[O-]. The van der Waals surface area contributed by atoms with E-state index in [1.165, 1.54) is 238 Å². The first kappa shape index (κ1) is 77.5. The molecule has 0 spiro atoms. The predicted molar refractivity (Wildman–Crippen MR) is 339 cm³/mol. The molecular weight excluding hydrogens is 995 g/mol. The van der Waals surface area contributed by atoms with Gasteiger partial charge in [-0.25, -0.2) is 0 Å². The normalized spacial score (nSPS) is 12.9.